The van der Waals surface area contributed by atoms with Crippen LogP contribution in [0.15, 0.2) is 40.8 Å². The molecule has 0 saturated heterocycles. The van der Waals surface area contributed by atoms with Gasteiger partial charge in [-0.05, 0) is 30.5 Å². The number of halogens is 1. The molecule has 0 unspecified atom stereocenters. The number of nitrogens with zero attached hydrogens (tertiary/aromatic N) is 3. The second-order valence-electron chi connectivity index (χ2n) is 6.50. The van der Waals surface area contributed by atoms with E-state index in [1.165, 1.54) is 10.6 Å². The fourth-order valence-electron chi connectivity index (χ4n) is 2.46. The van der Waals surface area contributed by atoms with E-state index in [1.54, 1.807) is 11.3 Å². The molecule has 0 aliphatic heterocycles. The molecule has 0 saturated carbocycles. The minimum Gasteiger partial charge on any atom is -0.357 e. The fraction of sp³-hybridized carbons (Fsp3) is 0.500. The highest BCUT2D eigenvalue weighted by molar-refractivity contribution is 14.0. The normalized spacial score (nSPS) is 12.0. The number of thiophene rings is 1. The van der Waals surface area contributed by atoms with Crippen LogP contribution in [0.1, 0.15) is 31.3 Å². The molecule has 2 aromatic heterocycles. The van der Waals surface area contributed by atoms with Gasteiger partial charge in [-0.25, -0.2) is 0 Å². The van der Waals surface area contributed by atoms with E-state index in [9.17, 15) is 0 Å². The Morgan fingerprint density at radius 1 is 1.33 bits per heavy atom. The summed E-state index contributed by atoms with van der Waals surface area (Å²) < 4.78 is 2.15. The van der Waals surface area contributed by atoms with E-state index in [2.05, 4.69) is 85.5 Å². The van der Waals surface area contributed by atoms with Gasteiger partial charge in [-0.1, -0.05) is 19.9 Å². The van der Waals surface area contributed by atoms with Crippen LogP contribution in [-0.2, 0) is 19.0 Å². The second-order valence-corrected chi connectivity index (χ2v) is 7.45. The first-order valence-electron chi connectivity index (χ1n) is 8.07. The molecule has 24 heavy (non-hydrogen) atoms. The molecule has 0 radical (unpaired) electrons. The van der Waals surface area contributed by atoms with Crippen LogP contribution in [0, 0.1) is 0 Å². The summed E-state index contributed by atoms with van der Waals surface area (Å²) in [5, 5.41) is 5.53. The largest absolute Gasteiger partial charge is 0.357 e. The molecule has 0 aliphatic carbocycles. The highest BCUT2D eigenvalue weighted by Gasteiger charge is 2.22. The Hall–Kier alpha value is -1.02. The Labute approximate surface area is 167 Å². The van der Waals surface area contributed by atoms with Crippen molar-refractivity contribution >= 4 is 41.3 Å². The number of aryl methyl sites for hydroxylation is 1. The maximum absolute atomic E-state index is 4.88. The van der Waals surface area contributed by atoms with Crippen molar-refractivity contribution in [1.29, 1.82) is 0 Å². The minimum atomic E-state index is 0. The predicted octanol–water partition coefficient (Wildman–Crippen LogP) is 4.08. The van der Waals surface area contributed by atoms with Crippen molar-refractivity contribution in [3.8, 4) is 0 Å². The van der Waals surface area contributed by atoms with Crippen molar-refractivity contribution in [1.82, 2.24) is 14.8 Å². The van der Waals surface area contributed by atoms with Crippen LogP contribution in [0.3, 0.4) is 0 Å². The Morgan fingerprint density at radius 2 is 2.08 bits per heavy atom. The monoisotopic (exact) mass is 460 g/mol. The number of hydrogen-bond donors (Lipinski definition) is 1. The SMILES string of the molecule is CCNC(=NCC(C)(C)c1cccs1)N(C)Cc1cccn1C.I. The fourth-order valence-corrected chi connectivity index (χ4v) is 3.31. The topological polar surface area (TPSA) is 32.6 Å². The number of aromatic nitrogens is 1. The number of rotatable bonds is 6. The zero-order valence-corrected chi connectivity index (χ0v) is 18.4. The molecular weight excluding hydrogens is 431 g/mol. The lowest BCUT2D eigenvalue weighted by molar-refractivity contribution is 0.455. The van der Waals surface area contributed by atoms with Crippen LogP contribution in [0.25, 0.3) is 0 Å². The molecule has 0 atom stereocenters. The van der Waals surface area contributed by atoms with Gasteiger partial charge >= 0.3 is 0 Å². The molecule has 2 rings (SSSR count). The summed E-state index contributed by atoms with van der Waals surface area (Å²) in [6, 6.07) is 8.53. The van der Waals surface area contributed by atoms with Crippen LogP contribution in [-0.4, -0.2) is 35.6 Å². The van der Waals surface area contributed by atoms with Gasteiger partial charge in [0.25, 0.3) is 0 Å². The molecule has 0 spiro atoms. The first-order valence-corrected chi connectivity index (χ1v) is 8.95. The lowest BCUT2D eigenvalue weighted by Gasteiger charge is -2.25. The predicted molar refractivity (Wildman–Crippen MR) is 116 cm³/mol. The van der Waals surface area contributed by atoms with Gasteiger partial charge in [0.05, 0.1) is 13.1 Å². The highest BCUT2D eigenvalue weighted by atomic mass is 127. The van der Waals surface area contributed by atoms with E-state index >= 15 is 0 Å². The smallest absolute Gasteiger partial charge is 0.194 e. The van der Waals surface area contributed by atoms with Crippen molar-refractivity contribution in [3.63, 3.8) is 0 Å². The maximum Gasteiger partial charge on any atom is 0.194 e. The van der Waals surface area contributed by atoms with Crippen molar-refractivity contribution in [2.45, 2.75) is 32.7 Å². The van der Waals surface area contributed by atoms with E-state index in [1.807, 2.05) is 0 Å². The van der Waals surface area contributed by atoms with E-state index in [0.717, 1.165) is 25.6 Å². The molecule has 0 aliphatic rings. The number of nitrogens with one attached hydrogen (secondary N) is 1. The van der Waals surface area contributed by atoms with E-state index in [4.69, 9.17) is 4.99 Å². The summed E-state index contributed by atoms with van der Waals surface area (Å²) in [6.07, 6.45) is 2.08. The average Bonchev–Trinajstić information content (AvgIpc) is 3.16. The molecule has 2 aromatic rings. The van der Waals surface area contributed by atoms with E-state index in [0.29, 0.717) is 0 Å². The Morgan fingerprint density at radius 3 is 2.62 bits per heavy atom. The third-order valence-electron chi connectivity index (χ3n) is 3.96. The van der Waals surface area contributed by atoms with E-state index < -0.39 is 0 Å². The van der Waals surface area contributed by atoms with Gasteiger partial charge in [-0.15, -0.1) is 35.3 Å². The summed E-state index contributed by atoms with van der Waals surface area (Å²) in [4.78, 5) is 8.44. The molecule has 0 aromatic carbocycles. The van der Waals surface area contributed by atoms with Crippen LogP contribution >= 0.6 is 35.3 Å². The van der Waals surface area contributed by atoms with Crippen LogP contribution in [0.2, 0.25) is 0 Å². The molecule has 134 valence electrons. The first kappa shape index (κ1) is 21.0. The zero-order valence-electron chi connectivity index (χ0n) is 15.2. The van der Waals surface area contributed by atoms with Crippen molar-refractivity contribution < 1.29 is 0 Å². The molecule has 0 amide bonds. The highest BCUT2D eigenvalue weighted by Crippen LogP contribution is 2.27. The molecule has 2 heterocycles. The molecule has 1 N–H and O–H groups in total. The average molecular weight is 460 g/mol. The van der Waals surface area contributed by atoms with Crippen molar-refractivity contribution in [2.24, 2.45) is 12.0 Å². The summed E-state index contributed by atoms with van der Waals surface area (Å²) in [7, 11) is 4.17. The maximum atomic E-state index is 4.88. The quantitative estimate of drug-likeness (QED) is 0.401. The minimum absolute atomic E-state index is 0. The molecule has 6 heteroatoms. The molecule has 0 bridgehead atoms. The summed E-state index contributed by atoms with van der Waals surface area (Å²) >= 11 is 1.80. The Balaban J connectivity index is 0.00000288. The standard InChI is InChI=1S/C18H28N4S.HI/c1-6-19-17(22(5)13-15-9-7-11-21(15)4)20-14-18(2,3)16-10-8-12-23-16;/h7-12H,6,13-14H2,1-5H3,(H,19,20);1H. The van der Waals surface area contributed by atoms with Gasteiger partial charge in [-0.3, -0.25) is 4.99 Å². The summed E-state index contributed by atoms with van der Waals surface area (Å²) in [5.41, 5.74) is 1.33. The lowest BCUT2D eigenvalue weighted by Crippen LogP contribution is -2.39. The Kier molecular flexibility index (Phi) is 8.29. The first-order chi connectivity index (χ1) is 10.9. The number of guanidine groups is 1. The van der Waals surface area contributed by atoms with Gasteiger partial charge in [0, 0.05) is 42.8 Å². The molecule has 0 fully saturated rings. The van der Waals surface area contributed by atoms with Crippen LogP contribution in [0.4, 0.5) is 0 Å². The number of hydrogen-bond acceptors (Lipinski definition) is 2. The molecule has 4 nitrogen and oxygen atoms in total. The van der Waals surface area contributed by atoms with Crippen LogP contribution in [0.5, 0.6) is 0 Å². The Bertz CT molecular complexity index is 631. The van der Waals surface area contributed by atoms with Gasteiger partial charge in [0.2, 0.25) is 0 Å². The van der Waals surface area contributed by atoms with Crippen LogP contribution < -0.4 is 5.32 Å². The second kappa shape index (κ2) is 9.46. The van der Waals surface area contributed by atoms with E-state index in [-0.39, 0.29) is 29.4 Å². The third kappa shape index (κ3) is 5.51. The summed E-state index contributed by atoms with van der Waals surface area (Å²) in [6.45, 7) is 9.10. The lowest BCUT2D eigenvalue weighted by atomic mass is 9.92. The zero-order chi connectivity index (χ0) is 16.9. The van der Waals surface area contributed by atoms with Crippen molar-refractivity contribution in [3.05, 3.63) is 46.4 Å². The van der Waals surface area contributed by atoms with Gasteiger partial charge < -0.3 is 14.8 Å². The van der Waals surface area contributed by atoms with Gasteiger partial charge in [-0.2, -0.15) is 0 Å². The van der Waals surface area contributed by atoms with Crippen molar-refractivity contribution in [2.75, 3.05) is 20.1 Å². The summed E-state index contributed by atoms with van der Waals surface area (Å²) in [5.74, 6) is 0.957. The third-order valence-corrected chi connectivity index (χ3v) is 5.20. The van der Waals surface area contributed by atoms with Gasteiger partial charge in [0.15, 0.2) is 5.96 Å². The molecular formula is C18H29IN4S. The van der Waals surface area contributed by atoms with Gasteiger partial charge in [0.1, 0.15) is 0 Å². The number of aliphatic imine (C=N–C) groups is 1.